The number of para-hydroxylation sites is 1. The molecule has 0 heterocycles. The molecule has 0 saturated heterocycles. The number of allylic oxidation sites excluding steroid dienone is 2. The lowest BCUT2D eigenvalue weighted by molar-refractivity contribution is -0.274. The third-order valence-electron chi connectivity index (χ3n) is 5.98. The third-order valence-corrected chi connectivity index (χ3v) is 6.45. The summed E-state index contributed by atoms with van der Waals surface area (Å²) < 4.78 is 43.3. The molecule has 2 atom stereocenters. The number of ketones is 1. The third kappa shape index (κ3) is 4.92. The molecule has 0 amide bonds. The Labute approximate surface area is 209 Å². The Balaban J connectivity index is 2.00. The van der Waals surface area contributed by atoms with Crippen molar-refractivity contribution in [2.24, 2.45) is 0 Å². The summed E-state index contributed by atoms with van der Waals surface area (Å²) in [5, 5.41) is 0.740. The average Bonchev–Trinajstić information content (AvgIpc) is 2.79. The standard InChI is InChI=1S/C26H18Cl2F3NO3/c27-16-5-3-4-15(10-16)21-12-23(34)19(18-6-1-2-7-24(18)35-26(29,30)31)13-25(21,14-33)20-9-8-17(28)11-22(20)32/h1-11,13-14,21H,12,32H2/t21-,25-/m0/s1. The molecule has 0 spiro atoms. The summed E-state index contributed by atoms with van der Waals surface area (Å²) in [6.45, 7) is 0. The first kappa shape index (κ1) is 24.8. The first-order chi connectivity index (χ1) is 16.5. The minimum atomic E-state index is -4.97. The topological polar surface area (TPSA) is 69.4 Å². The monoisotopic (exact) mass is 519 g/mol. The first-order valence-electron chi connectivity index (χ1n) is 10.4. The van der Waals surface area contributed by atoms with E-state index in [0.717, 1.165) is 6.07 Å². The zero-order chi connectivity index (χ0) is 25.4. The molecule has 35 heavy (non-hydrogen) atoms. The van der Waals surface area contributed by atoms with E-state index in [-0.39, 0.29) is 23.2 Å². The largest absolute Gasteiger partial charge is 0.573 e. The van der Waals surface area contributed by atoms with Crippen LogP contribution < -0.4 is 10.5 Å². The highest BCUT2D eigenvalue weighted by atomic mass is 35.5. The molecule has 0 fully saturated rings. The number of hydrogen-bond acceptors (Lipinski definition) is 4. The van der Waals surface area contributed by atoms with Crippen molar-refractivity contribution >= 4 is 46.5 Å². The quantitative estimate of drug-likeness (QED) is 0.299. The van der Waals surface area contributed by atoms with Gasteiger partial charge in [0.25, 0.3) is 0 Å². The van der Waals surface area contributed by atoms with Crippen molar-refractivity contribution in [1.82, 2.24) is 0 Å². The summed E-state index contributed by atoms with van der Waals surface area (Å²) in [5.74, 6) is -1.74. The second-order valence-electron chi connectivity index (χ2n) is 8.12. The SMILES string of the molecule is Nc1cc(Cl)ccc1[C@@]1(C=O)C=C(c2ccccc2OC(F)(F)F)C(=O)C[C@H]1c1cccc(Cl)c1. The summed E-state index contributed by atoms with van der Waals surface area (Å²) in [6, 6.07) is 16.6. The maximum atomic E-state index is 13.3. The summed E-state index contributed by atoms with van der Waals surface area (Å²) in [7, 11) is 0. The highest BCUT2D eigenvalue weighted by molar-refractivity contribution is 6.31. The number of nitrogen functional groups attached to an aromatic ring is 1. The van der Waals surface area contributed by atoms with E-state index in [1.165, 1.54) is 30.3 Å². The molecule has 1 aliphatic carbocycles. The Bertz CT molecular complexity index is 1340. The molecular weight excluding hydrogens is 502 g/mol. The van der Waals surface area contributed by atoms with Gasteiger partial charge in [0.05, 0.1) is 5.41 Å². The van der Waals surface area contributed by atoms with Gasteiger partial charge in [-0.1, -0.05) is 65.7 Å². The zero-order valence-electron chi connectivity index (χ0n) is 18.0. The van der Waals surface area contributed by atoms with Crippen molar-refractivity contribution in [3.63, 3.8) is 0 Å². The van der Waals surface area contributed by atoms with E-state index in [1.54, 1.807) is 36.4 Å². The molecule has 180 valence electrons. The lowest BCUT2D eigenvalue weighted by Gasteiger charge is -2.39. The fourth-order valence-corrected chi connectivity index (χ4v) is 4.88. The van der Waals surface area contributed by atoms with Crippen molar-refractivity contribution in [3.05, 3.63) is 99.5 Å². The van der Waals surface area contributed by atoms with Crippen LogP contribution in [0.5, 0.6) is 5.75 Å². The van der Waals surface area contributed by atoms with E-state index >= 15 is 0 Å². The normalized spacial score (nSPS) is 20.3. The number of rotatable bonds is 5. The van der Waals surface area contributed by atoms with Gasteiger partial charge in [-0.15, -0.1) is 13.2 Å². The Morgan fingerprint density at radius 2 is 1.71 bits per heavy atom. The molecule has 4 rings (SSSR count). The van der Waals surface area contributed by atoms with Gasteiger partial charge in [0.2, 0.25) is 0 Å². The fraction of sp³-hybridized carbons (Fsp3) is 0.154. The van der Waals surface area contributed by atoms with Gasteiger partial charge in [-0.25, -0.2) is 0 Å². The maximum absolute atomic E-state index is 13.3. The molecule has 0 aliphatic heterocycles. The van der Waals surface area contributed by atoms with Gasteiger partial charge in [0.1, 0.15) is 12.0 Å². The van der Waals surface area contributed by atoms with Crippen molar-refractivity contribution in [3.8, 4) is 5.75 Å². The van der Waals surface area contributed by atoms with Crippen molar-refractivity contribution in [1.29, 1.82) is 0 Å². The van der Waals surface area contributed by atoms with Gasteiger partial charge in [0, 0.05) is 39.2 Å². The van der Waals surface area contributed by atoms with Gasteiger partial charge < -0.3 is 15.3 Å². The van der Waals surface area contributed by atoms with E-state index in [2.05, 4.69) is 4.74 Å². The minimum absolute atomic E-state index is 0.0791. The molecule has 0 bridgehead atoms. The predicted octanol–water partition coefficient (Wildman–Crippen LogP) is 6.75. The number of benzene rings is 3. The summed E-state index contributed by atoms with van der Waals surface area (Å²) in [4.78, 5) is 26.2. The first-order valence-corrected chi connectivity index (χ1v) is 11.2. The fourth-order valence-electron chi connectivity index (χ4n) is 4.50. The van der Waals surface area contributed by atoms with Crippen LogP contribution in [0.15, 0.2) is 72.8 Å². The van der Waals surface area contributed by atoms with E-state index in [9.17, 15) is 22.8 Å². The van der Waals surface area contributed by atoms with E-state index in [0.29, 0.717) is 27.5 Å². The van der Waals surface area contributed by atoms with E-state index < -0.39 is 29.2 Å². The molecule has 0 saturated carbocycles. The van der Waals surface area contributed by atoms with E-state index in [4.69, 9.17) is 28.9 Å². The van der Waals surface area contributed by atoms with Gasteiger partial charge in [-0.3, -0.25) is 4.79 Å². The Morgan fingerprint density at radius 1 is 1.00 bits per heavy atom. The van der Waals surface area contributed by atoms with Crippen LogP contribution in [-0.2, 0) is 15.0 Å². The van der Waals surface area contributed by atoms with Crippen molar-refractivity contribution in [2.45, 2.75) is 24.1 Å². The highest BCUT2D eigenvalue weighted by Gasteiger charge is 2.47. The number of halogens is 5. The Hall–Kier alpha value is -3.29. The molecule has 2 N–H and O–H groups in total. The lowest BCUT2D eigenvalue weighted by atomic mass is 9.61. The van der Waals surface area contributed by atoms with Crippen LogP contribution in [0.2, 0.25) is 10.0 Å². The number of nitrogens with two attached hydrogens (primary N) is 1. The zero-order valence-corrected chi connectivity index (χ0v) is 19.5. The highest BCUT2D eigenvalue weighted by Crippen LogP contribution is 2.50. The van der Waals surface area contributed by atoms with Gasteiger partial charge in [-0.2, -0.15) is 0 Å². The molecular formula is C26H18Cl2F3NO3. The average molecular weight is 520 g/mol. The molecule has 0 aromatic heterocycles. The smallest absolute Gasteiger partial charge is 0.405 e. The number of hydrogen-bond donors (Lipinski definition) is 1. The number of alkyl halides is 3. The van der Waals surface area contributed by atoms with Gasteiger partial charge in [-0.05, 0) is 41.5 Å². The van der Waals surface area contributed by atoms with Crippen LogP contribution in [0, 0.1) is 0 Å². The maximum Gasteiger partial charge on any atom is 0.573 e. The number of Topliss-reactive ketones (excluding diaryl/α,β-unsaturated/α-hetero) is 1. The van der Waals surface area contributed by atoms with E-state index in [1.807, 2.05) is 0 Å². The number of aldehydes is 1. The summed E-state index contributed by atoms with van der Waals surface area (Å²) >= 11 is 12.3. The summed E-state index contributed by atoms with van der Waals surface area (Å²) in [5.41, 5.74) is 5.75. The Morgan fingerprint density at radius 3 is 2.37 bits per heavy atom. The molecule has 3 aromatic carbocycles. The van der Waals surface area contributed by atoms with Crippen LogP contribution in [0.25, 0.3) is 5.57 Å². The number of carbonyl (C=O) groups excluding carboxylic acids is 2. The number of carbonyl (C=O) groups is 2. The molecule has 0 unspecified atom stereocenters. The second-order valence-corrected chi connectivity index (χ2v) is 8.99. The van der Waals surface area contributed by atoms with Crippen molar-refractivity contribution in [2.75, 3.05) is 5.73 Å². The van der Waals surface area contributed by atoms with Gasteiger partial charge >= 0.3 is 6.36 Å². The molecule has 0 radical (unpaired) electrons. The molecule has 9 heteroatoms. The summed E-state index contributed by atoms with van der Waals surface area (Å²) in [6.07, 6.45) is -3.14. The van der Waals surface area contributed by atoms with Gasteiger partial charge in [0.15, 0.2) is 5.78 Å². The number of ether oxygens (including phenoxy) is 1. The Kier molecular flexibility index (Phi) is 6.66. The lowest BCUT2D eigenvalue weighted by Crippen LogP contribution is -2.39. The van der Waals surface area contributed by atoms with Crippen LogP contribution >= 0.6 is 23.2 Å². The predicted molar refractivity (Wildman–Crippen MR) is 129 cm³/mol. The van der Waals surface area contributed by atoms with Crippen LogP contribution in [0.1, 0.15) is 29.0 Å². The van der Waals surface area contributed by atoms with Crippen LogP contribution in [-0.4, -0.2) is 18.4 Å². The second kappa shape index (κ2) is 9.40. The molecule has 1 aliphatic rings. The van der Waals surface area contributed by atoms with Crippen molar-refractivity contribution < 1.29 is 27.5 Å². The minimum Gasteiger partial charge on any atom is -0.405 e. The molecule has 3 aromatic rings. The van der Waals surface area contributed by atoms with Crippen LogP contribution in [0.4, 0.5) is 18.9 Å². The molecule has 4 nitrogen and oxygen atoms in total. The van der Waals surface area contributed by atoms with Crippen LogP contribution in [0.3, 0.4) is 0 Å². The number of anilines is 1.